The Morgan fingerprint density at radius 1 is 1.18 bits per heavy atom. The summed E-state index contributed by atoms with van der Waals surface area (Å²) in [6.45, 7) is 0.320. The van der Waals surface area contributed by atoms with Crippen molar-refractivity contribution in [3.05, 3.63) is 71.0 Å². The SMILES string of the molecule is N#CC(=Cc1ccc(OCc2ccc(F)cc2)cc1)C(N)=O. The quantitative estimate of drug-likeness (QED) is 0.681. The summed E-state index contributed by atoms with van der Waals surface area (Å²) in [5, 5.41) is 8.77. The highest BCUT2D eigenvalue weighted by molar-refractivity contribution is 6.00. The first-order chi connectivity index (χ1) is 10.6. The van der Waals surface area contributed by atoms with Gasteiger partial charge in [0.25, 0.3) is 5.91 Å². The van der Waals surface area contributed by atoms with E-state index in [4.69, 9.17) is 15.7 Å². The monoisotopic (exact) mass is 296 g/mol. The van der Waals surface area contributed by atoms with Gasteiger partial charge >= 0.3 is 0 Å². The highest BCUT2D eigenvalue weighted by atomic mass is 19.1. The molecule has 0 aliphatic rings. The minimum Gasteiger partial charge on any atom is -0.489 e. The number of amides is 1. The van der Waals surface area contributed by atoms with Crippen LogP contribution in [0.3, 0.4) is 0 Å². The largest absolute Gasteiger partial charge is 0.489 e. The van der Waals surface area contributed by atoms with E-state index in [1.807, 2.05) is 0 Å². The van der Waals surface area contributed by atoms with Crippen LogP contribution in [-0.4, -0.2) is 5.91 Å². The van der Waals surface area contributed by atoms with Gasteiger partial charge < -0.3 is 10.5 Å². The molecule has 5 heteroatoms. The minimum atomic E-state index is -0.765. The first kappa shape index (κ1) is 15.3. The molecule has 0 saturated heterocycles. The normalized spacial score (nSPS) is 10.8. The number of halogens is 1. The van der Waals surface area contributed by atoms with E-state index in [1.54, 1.807) is 42.5 Å². The first-order valence-corrected chi connectivity index (χ1v) is 6.47. The number of hydrogen-bond donors (Lipinski definition) is 1. The average molecular weight is 296 g/mol. The van der Waals surface area contributed by atoms with E-state index in [9.17, 15) is 9.18 Å². The molecular formula is C17H13FN2O2. The maximum atomic E-state index is 12.8. The molecule has 1 amide bonds. The summed E-state index contributed by atoms with van der Waals surface area (Å²) in [5.41, 5.74) is 6.48. The van der Waals surface area contributed by atoms with E-state index in [0.29, 0.717) is 17.9 Å². The number of ether oxygens (including phenoxy) is 1. The lowest BCUT2D eigenvalue weighted by molar-refractivity contribution is -0.114. The van der Waals surface area contributed by atoms with Gasteiger partial charge in [-0.2, -0.15) is 5.26 Å². The fourth-order valence-corrected chi connectivity index (χ4v) is 1.73. The number of rotatable bonds is 5. The molecule has 2 rings (SSSR count). The molecule has 0 bridgehead atoms. The lowest BCUT2D eigenvalue weighted by atomic mass is 10.1. The average Bonchev–Trinajstić information content (AvgIpc) is 2.53. The Morgan fingerprint density at radius 3 is 2.36 bits per heavy atom. The van der Waals surface area contributed by atoms with Gasteiger partial charge in [0.15, 0.2) is 0 Å². The van der Waals surface area contributed by atoms with Crippen LogP contribution in [0.15, 0.2) is 54.1 Å². The Morgan fingerprint density at radius 2 is 1.82 bits per heavy atom. The molecule has 0 fully saturated rings. The van der Waals surface area contributed by atoms with Gasteiger partial charge in [0.1, 0.15) is 29.8 Å². The van der Waals surface area contributed by atoms with E-state index in [-0.39, 0.29) is 11.4 Å². The second-order valence-corrected chi connectivity index (χ2v) is 4.52. The van der Waals surface area contributed by atoms with Gasteiger partial charge in [-0.05, 0) is 41.5 Å². The number of carbonyl (C=O) groups is 1. The summed E-state index contributed by atoms with van der Waals surface area (Å²) in [6, 6.07) is 14.6. The molecule has 110 valence electrons. The van der Waals surface area contributed by atoms with Crippen LogP contribution in [0.25, 0.3) is 6.08 Å². The number of carbonyl (C=O) groups excluding carboxylic acids is 1. The number of benzene rings is 2. The van der Waals surface area contributed by atoms with Gasteiger partial charge in [-0.25, -0.2) is 4.39 Å². The van der Waals surface area contributed by atoms with Gasteiger partial charge in [0.2, 0.25) is 0 Å². The summed E-state index contributed by atoms with van der Waals surface area (Å²) < 4.78 is 18.3. The predicted octanol–water partition coefficient (Wildman–Crippen LogP) is 2.80. The summed E-state index contributed by atoms with van der Waals surface area (Å²) in [4.78, 5) is 11.0. The number of nitriles is 1. The molecule has 22 heavy (non-hydrogen) atoms. The smallest absolute Gasteiger partial charge is 0.259 e. The lowest BCUT2D eigenvalue weighted by Gasteiger charge is -2.06. The van der Waals surface area contributed by atoms with Crippen molar-refractivity contribution in [2.75, 3.05) is 0 Å². The Kier molecular flexibility index (Phi) is 4.89. The fourth-order valence-electron chi connectivity index (χ4n) is 1.73. The molecule has 0 unspecified atom stereocenters. The number of nitrogens with zero attached hydrogens (tertiary/aromatic N) is 1. The van der Waals surface area contributed by atoms with Crippen molar-refractivity contribution in [1.29, 1.82) is 5.26 Å². The second-order valence-electron chi connectivity index (χ2n) is 4.52. The van der Waals surface area contributed by atoms with Crippen LogP contribution in [0.5, 0.6) is 5.75 Å². The number of nitrogens with two attached hydrogens (primary N) is 1. The molecule has 0 aliphatic carbocycles. The third-order valence-corrected chi connectivity index (χ3v) is 2.90. The molecule has 4 nitrogen and oxygen atoms in total. The summed E-state index contributed by atoms with van der Waals surface area (Å²) in [5.74, 6) is -0.430. The molecule has 0 atom stereocenters. The molecule has 0 heterocycles. The second kappa shape index (κ2) is 7.04. The first-order valence-electron chi connectivity index (χ1n) is 6.47. The van der Waals surface area contributed by atoms with Crippen molar-refractivity contribution in [2.24, 2.45) is 5.73 Å². The third kappa shape index (κ3) is 4.18. The zero-order chi connectivity index (χ0) is 15.9. The van der Waals surface area contributed by atoms with Crippen molar-refractivity contribution in [3.63, 3.8) is 0 Å². The molecule has 0 aromatic heterocycles. The highest BCUT2D eigenvalue weighted by Gasteiger charge is 2.03. The summed E-state index contributed by atoms with van der Waals surface area (Å²) >= 11 is 0. The van der Waals surface area contributed by atoms with Crippen molar-refractivity contribution >= 4 is 12.0 Å². The summed E-state index contributed by atoms with van der Waals surface area (Å²) in [7, 11) is 0. The maximum Gasteiger partial charge on any atom is 0.259 e. The Labute approximate surface area is 127 Å². The van der Waals surface area contributed by atoms with Crippen LogP contribution in [-0.2, 0) is 11.4 Å². The highest BCUT2D eigenvalue weighted by Crippen LogP contribution is 2.16. The van der Waals surface area contributed by atoms with Crippen LogP contribution in [0.1, 0.15) is 11.1 Å². The van der Waals surface area contributed by atoms with Crippen molar-refractivity contribution in [3.8, 4) is 11.8 Å². The molecule has 2 aromatic rings. The molecule has 0 radical (unpaired) electrons. The van der Waals surface area contributed by atoms with Crippen molar-refractivity contribution < 1.29 is 13.9 Å². The molecule has 2 N–H and O–H groups in total. The lowest BCUT2D eigenvalue weighted by Crippen LogP contribution is -2.12. The van der Waals surface area contributed by atoms with Crippen LogP contribution in [0.2, 0.25) is 0 Å². The molecule has 0 saturated carbocycles. The topological polar surface area (TPSA) is 76.1 Å². The minimum absolute atomic E-state index is 0.111. The fraction of sp³-hybridized carbons (Fsp3) is 0.0588. The van der Waals surface area contributed by atoms with Gasteiger partial charge in [-0.1, -0.05) is 24.3 Å². The van der Waals surface area contributed by atoms with Crippen LogP contribution in [0.4, 0.5) is 4.39 Å². The van der Waals surface area contributed by atoms with Crippen molar-refractivity contribution in [2.45, 2.75) is 6.61 Å². The predicted molar refractivity (Wildman–Crippen MR) is 80.0 cm³/mol. The number of primary amides is 1. The van der Waals surface area contributed by atoms with Gasteiger partial charge in [0, 0.05) is 0 Å². The Bertz CT molecular complexity index is 729. The van der Waals surface area contributed by atoms with E-state index in [1.165, 1.54) is 18.2 Å². The number of hydrogen-bond acceptors (Lipinski definition) is 3. The zero-order valence-corrected chi connectivity index (χ0v) is 11.6. The molecule has 0 aliphatic heterocycles. The third-order valence-electron chi connectivity index (χ3n) is 2.90. The summed E-state index contributed by atoms with van der Waals surface area (Å²) in [6.07, 6.45) is 1.41. The Balaban J connectivity index is 2.02. The van der Waals surface area contributed by atoms with Crippen molar-refractivity contribution in [1.82, 2.24) is 0 Å². The van der Waals surface area contributed by atoms with E-state index in [0.717, 1.165) is 5.56 Å². The standard InChI is InChI=1S/C17H13FN2O2/c18-15-5-1-13(2-6-15)11-22-16-7-3-12(4-8-16)9-14(10-19)17(20)21/h1-9H,11H2,(H2,20,21). The molecule has 0 spiro atoms. The van der Waals surface area contributed by atoms with Gasteiger partial charge in [-0.15, -0.1) is 0 Å². The van der Waals surface area contributed by atoms with Crippen LogP contribution >= 0.6 is 0 Å². The maximum absolute atomic E-state index is 12.8. The van der Waals surface area contributed by atoms with E-state index in [2.05, 4.69) is 0 Å². The van der Waals surface area contributed by atoms with E-state index >= 15 is 0 Å². The van der Waals surface area contributed by atoms with Gasteiger partial charge in [0.05, 0.1) is 0 Å². The van der Waals surface area contributed by atoms with Crippen LogP contribution in [0, 0.1) is 17.1 Å². The van der Waals surface area contributed by atoms with Crippen LogP contribution < -0.4 is 10.5 Å². The van der Waals surface area contributed by atoms with Gasteiger partial charge in [-0.3, -0.25) is 4.79 Å². The zero-order valence-electron chi connectivity index (χ0n) is 11.6. The Hall–Kier alpha value is -3.13. The molecular weight excluding hydrogens is 283 g/mol. The van der Waals surface area contributed by atoms with E-state index < -0.39 is 5.91 Å². The molecule has 2 aromatic carbocycles.